The minimum atomic E-state index is -2.74. The Morgan fingerprint density at radius 1 is 0.739 bits per heavy atom. The van der Waals surface area contributed by atoms with Gasteiger partial charge in [0.25, 0.3) is 0 Å². The average Bonchev–Trinajstić information content (AvgIpc) is 3.04. The van der Waals surface area contributed by atoms with E-state index >= 15 is 0 Å². The second-order valence-corrected chi connectivity index (χ2v) is 10.7. The van der Waals surface area contributed by atoms with Crippen molar-refractivity contribution in [1.29, 1.82) is 0 Å². The summed E-state index contributed by atoms with van der Waals surface area (Å²) >= 11 is 0. The van der Waals surface area contributed by atoms with Gasteiger partial charge in [-0.1, -0.05) is 75.4 Å². The first kappa shape index (κ1) is 37.7. The molecule has 0 fully saturated rings. The molecule has 0 aliphatic rings. The zero-order valence-electron chi connectivity index (χ0n) is 26.8. The summed E-state index contributed by atoms with van der Waals surface area (Å²) in [5.41, 5.74) is -1.11. The molecule has 3 aromatic rings. The van der Waals surface area contributed by atoms with Gasteiger partial charge >= 0.3 is 17.9 Å². The molecule has 0 saturated carbocycles. The van der Waals surface area contributed by atoms with Crippen LogP contribution in [-0.4, -0.2) is 87.3 Å². The van der Waals surface area contributed by atoms with E-state index in [1.54, 1.807) is 7.11 Å². The lowest BCUT2D eigenvalue weighted by Crippen LogP contribution is -2.42. The van der Waals surface area contributed by atoms with Crippen LogP contribution in [0.1, 0.15) is 62.6 Å². The van der Waals surface area contributed by atoms with Gasteiger partial charge in [0.1, 0.15) is 23.7 Å². The molecule has 0 spiro atoms. The number of ether oxygens (including phenoxy) is 2. The van der Waals surface area contributed by atoms with Gasteiger partial charge < -0.3 is 39.9 Å². The molecule has 11 nitrogen and oxygen atoms in total. The predicted octanol–water partition coefficient (Wildman–Crippen LogP) is 4.60. The highest BCUT2D eigenvalue weighted by Gasteiger charge is 2.41. The van der Waals surface area contributed by atoms with Crippen LogP contribution in [0.5, 0.6) is 11.5 Å². The molecule has 0 amide bonds. The van der Waals surface area contributed by atoms with Crippen LogP contribution in [0.25, 0.3) is 0 Å². The van der Waals surface area contributed by atoms with Crippen LogP contribution in [0, 0.1) is 0 Å². The molecular formula is C35H45NO10. The topological polar surface area (TPSA) is 174 Å². The average molecular weight is 640 g/mol. The van der Waals surface area contributed by atoms with Crippen LogP contribution in [0.4, 0.5) is 0 Å². The number of nitrogens with zero attached hydrogens (tertiary/aromatic N) is 1. The van der Waals surface area contributed by atoms with Gasteiger partial charge in [-0.05, 0) is 60.5 Å². The maximum Gasteiger partial charge on any atom is 0.336 e. The zero-order chi connectivity index (χ0) is 34.3. The monoisotopic (exact) mass is 639 g/mol. The summed E-state index contributed by atoms with van der Waals surface area (Å²) in [6.07, 6.45) is -1.51. The van der Waals surface area contributed by atoms with Crippen molar-refractivity contribution in [2.75, 3.05) is 33.4 Å². The maximum absolute atomic E-state index is 12.3. The van der Waals surface area contributed by atoms with Crippen molar-refractivity contribution in [2.24, 2.45) is 0 Å². The molecule has 0 bridgehead atoms. The van der Waals surface area contributed by atoms with Crippen molar-refractivity contribution in [3.05, 3.63) is 95.6 Å². The lowest BCUT2D eigenvalue weighted by molar-refractivity contribution is -0.170. The van der Waals surface area contributed by atoms with Crippen molar-refractivity contribution in [3.63, 3.8) is 0 Å². The molecule has 11 heteroatoms. The highest BCUT2D eigenvalue weighted by Crippen LogP contribution is 2.45. The third-order valence-corrected chi connectivity index (χ3v) is 7.80. The Hall–Kier alpha value is -4.45. The number of aliphatic carboxylic acids is 3. The molecule has 3 rings (SSSR count). The molecule has 46 heavy (non-hydrogen) atoms. The van der Waals surface area contributed by atoms with E-state index in [4.69, 9.17) is 29.9 Å². The molecule has 0 heterocycles. The number of likely N-dealkylation sites (N-methyl/N-ethyl adjacent to an activating group) is 1. The Labute approximate surface area is 269 Å². The Balaban J connectivity index is 0.000000479. The van der Waals surface area contributed by atoms with Crippen LogP contribution in [0.15, 0.2) is 78.9 Å². The van der Waals surface area contributed by atoms with E-state index in [2.05, 4.69) is 25.7 Å². The molecule has 250 valence electrons. The van der Waals surface area contributed by atoms with Gasteiger partial charge in [0, 0.05) is 12.5 Å². The Morgan fingerprint density at radius 2 is 1.24 bits per heavy atom. The fraction of sp³-hybridized carbons (Fsp3) is 0.400. The number of rotatable bonds is 17. The normalized spacial score (nSPS) is 13.1. The number of hydrogen-bond acceptors (Lipinski definition) is 8. The number of methoxy groups -OCH3 is 1. The molecule has 0 aromatic heterocycles. The van der Waals surface area contributed by atoms with Gasteiger partial charge in [-0.3, -0.25) is 9.59 Å². The largest absolute Gasteiger partial charge is 0.497 e. The summed E-state index contributed by atoms with van der Waals surface area (Å²) in [7, 11) is 1.66. The summed E-state index contributed by atoms with van der Waals surface area (Å²) in [6, 6.07) is 25.9. The summed E-state index contributed by atoms with van der Waals surface area (Å²) < 4.78 is 11.3. The fourth-order valence-corrected chi connectivity index (χ4v) is 5.22. The van der Waals surface area contributed by atoms with Crippen LogP contribution in [-0.2, 0) is 20.0 Å². The Morgan fingerprint density at radius 3 is 1.67 bits per heavy atom. The maximum atomic E-state index is 12.3. The fourth-order valence-electron chi connectivity index (χ4n) is 5.22. The summed E-state index contributed by atoms with van der Waals surface area (Å²) in [4.78, 5) is 32.8. The third-order valence-electron chi connectivity index (χ3n) is 7.80. The quantitative estimate of drug-likeness (QED) is 0.140. The molecule has 0 radical (unpaired) electrons. The Bertz CT molecular complexity index is 1360. The van der Waals surface area contributed by atoms with Crippen molar-refractivity contribution < 1.29 is 49.4 Å². The molecule has 5 N–H and O–H groups in total. The zero-order valence-corrected chi connectivity index (χ0v) is 26.8. The number of hydrogen-bond donors (Lipinski definition) is 5. The first-order valence-corrected chi connectivity index (χ1v) is 15.1. The van der Waals surface area contributed by atoms with Crippen molar-refractivity contribution in [3.8, 4) is 11.5 Å². The number of carbonyl (C=O) groups is 3. The van der Waals surface area contributed by atoms with E-state index < -0.39 is 42.0 Å². The van der Waals surface area contributed by atoms with Gasteiger partial charge in [-0.2, -0.15) is 0 Å². The smallest absolute Gasteiger partial charge is 0.336 e. The second-order valence-electron chi connectivity index (χ2n) is 10.7. The van der Waals surface area contributed by atoms with Crippen molar-refractivity contribution >= 4 is 17.9 Å². The van der Waals surface area contributed by atoms with Crippen molar-refractivity contribution in [2.45, 2.75) is 57.2 Å². The van der Waals surface area contributed by atoms with Crippen molar-refractivity contribution in [1.82, 2.24) is 4.90 Å². The summed E-state index contributed by atoms with van der Waals surface area (Å²) in [5, 5.41) is 46.1. The molecular weight excluding hydrogens is 594 g/mol. The van der Waals surface area contributed by atoms with Crippen LogP contribution >= 0.6 is 0 Å². The summed E-state index contributed by atoms with van der Waals surface area (Å²) in [6.45, 7) is 10.0. The minimum Gasteiger partial charge on any atom is -0.497 e. The minimum absolute atomic E-state index is 0.125. The standard InChI is InChI=1S/C29H37NO3.C6H8O7/c1-5-28(23-13-17-26(32-4)18-14-23)29(31,24-11-9-8-10-12-24)25-15-19-27(20-16-25)33-22-21-30(6-2)7-3;7-3(8)1-6(13,5(11)12)2-4(9)10/h8-20,28,31H,5-7,21-22H2,1-4H3;13H,1-2H2,(H,7,8)(H,9,10)(H,11,12). The van der Waals surface area contributed by atoms with Crippen LogP contribution in [0.3, 0.4) is 0 Å². The Kier molecular flexibility index (Phi) is 14.7. The number of carboxylic acid groups (broad SMARTS) is 3. The van der Waals surface area contributed by atoms with E-state index in [9.17, 15) is 19.5 Å². The molecule has 3 aromatic carbocycles. The first-order chi connectivity index (χ1) is 21.8. The van der Waals surface area contributed by atoms with E-state index in [0.717, 1.165) is 54.2 Å². The van der Waals surface area contributed by atoms with Gasteiger partial charge in [0.05, 0.1) is 20.0 Å². The van der Waals surface area contributed by atoms with E-state index in [1.807, 2.05) is 78.9 Å². The van der Waals surface area contributed by atoms with Crippen LogP contribution < -0.4 is 9.47 Å². The van der Waals surface area contributed by atoms with Gasteiger partial charge in [-0.15, -0.1) is 0 Å². The number of benzene rings is 3. The molecule has 0 aliphatic heterocycles. The van der Waals surface area contributed by atoms with E-state index in [1.165, 1.54) is 0 Å². The molecule has 0 aliphatic carbocycles. The van der Waals surface area contributed by atoms with Gasteiger partial charge in [-0.25, -0.2) is 4.79 Å². The third kappa shape index (κ3) is 10.3. The highest BCUT2D eigenvalue weighted by molar-refractivity contribution is 5.88. The predicted molar refractivity (Wildman–Crippen MR) is 172 cm³/mol. The van der Waals surface area contributed by atoms with E-state index in [0.29, 0.717) is 6.61 Å². The summed E-state index contributed by atoms with van der Waals surface area (Å²) in [5.74, 6) is -3.52. The van der Waals surface area contributed by atoms with Gasteiger partial charge in [0.2, 0.25) is 0 Å². The first-order valence-electron chi connectivity index (χ1n) is 15.1. The molecule has 2 unspecified atom stereocenters. The number of aliphatic hydroxyl groups is 2. The molecule has 0 saturated heterocycles. The SMILES string of the molecule is CCC(c1ccc(OC)cc1)C(O)(c1ccccc1)c1ccc(OCCN(CC)CC)cc1.O=C(O)CC(O)(CC(=O)O)C(=O)O. The molecule has 2 atom stereocenters. The highest BCUT2D eigenvalue weighted by atomic mass is 16.5. The van der Waals surface area contributed by atoms with E-state index in [-0.39, 0.29) is 5.92 Å². The second kappa shape index (κ2) is 17.9. The van der Waals surface area contributed by atoms with Gasteiger partial charge in [0.15, 0.2) is 5.60 Å². The lowest BCUT2D eigenvalue weighted by atomic mass is 9.72. The number of carboxylic acids is 3. The van der Waals surface area contributed by atoms with Crippen LogP contribution in [0.2, 0.25) is 0 Å². The lowest BCUT2D eigenvalue weighted by Gasteiger charge is -2.37.